The molecular formula is C8H9BaCuNO4. The Morgan fingerprint density at radius 3 is 2.40 bits per heavy atom. The molecule has 0 bridgehead atoms. The Hall–Kier alpha value is 0.341. The van der Waals surface area contributed by atoms with Gasteiger partial charge in [0.05, 0.1) is 0 Å². The SMILES string of the molecule is N[C@@H]([Ba][c]1ccc(O)c(O)c1)C(=O)O.[Cu]. The van der Waals surface area contributed by atoms with Crippen LogP contribution in [0.3, 0.4) is 0 Å². The van der Waals surface area contributed by atoms with E-state index in [1.807, 2.05) is 0 Å². The number of benzene rings is 1. The molecule has 0 amide bonds. The van der Waals surface area contributed by atoms with E-state index >= 15 is 0 Å². The molecule has 0 saturated carbocycles. The molecule has 83 valence electrons. The number of phenols is 2. The van der Waals surface area contributed by atoms with Gasteiger partial charge in [-0.25, -0.2) is 0 Å². The van der Waals surface area contributed by atoms with Gasteiger partial charge >= 0.3 is 106 Å². The van der Waals surface area contributed by atoms with Crippen LogP contribution in [0.5, 0.6) is 11.5 Å². The molecule has 0 saturated heterocycles. The second kappa shape index (κ2) is 6.82. The largest absolute Gasteiger partial charge is 0 e. The number of carbonyl (C=O) groups is 1. The number of carboxylic acid groups (broad SMARTS) is 1. The first-order valence-electron chi connectivity index (χ1n) is 4.00. The van der Waals surface area contributed by atoms with Crippen molar-refractivity contribution in [3.8, 4) is 11.5 Å². The molecule has 1 atom stereocenters. The summed E-state index contributed by atoms with van der Waals surface area (Å²) in [6.45, 7) is 0. The zero-order valence-electron chi connectivity index (χ0n) is 7.65. The number of phenolic OH excluding ortho intramolecular Hbond substituents is 2. The van der Waals surface area contributed by atoms with Gasteiger partial charge in [-0.3, -0.25) is 0 Å². The number of aromatic hydroxyl groups is 2. The summed E-state index contributed by atoms with van der Waals surface area (Å²) in [5.74, 6) is -1.43. The van der Waals surface area contributed by atoms with E-state index in [2.05, 4.69) is 0 Å². The van der Waals surface area contributed by atoms with E-state index < -0.39 is 50.7 Å². The minimum Gasteiger partial charge on any atom is 0 e. The maximum atomic E-state index is 10.5. The van der Waals surface area contributed by atoms with Gasteiger partial charge in [-0.1, -0.05) is 0 Å². The van der Waals surface area contributed by atoms with Gasteiger partial charge in [0.1, 0.15) is 0 Å². The van der Waals surface area contributed by atoms with Crippen LogP contribution in [0.2, 0.25) is 0 Å². The van der Waals surface area contributed by atoms with Crippen LogP contribution in [-0.4, -0.2) is 66.0 Å². The first kappa shape index (κ1) is 15.3. The molecule has 5 nitrogen and oxygen atoms in total. The molecule has 0 aromatic heterocycles. The average molecular weight is 384 g/mol. The second-order valence-corrected chi connectivity index (χ2v) is 9.58. The van der Waals surface area contributed by atoms with Gasteiger partial charge in [0, 0.05) is 17.1 Å². The van der Waals surface area contributed by atoms with Gasteiger partial charge in [-0.15, -0.1) is 0 Å². The van der Waals surface area contributed by atoms with Crippen LogP contribution in [-0.2, 0) is 21.9 Å². The second-order valence-electron chi connectivity index (χ2n) is 2.97. The van der Waals surface area contributed by atoms with Crippen LogP contribution >= 0.6 is 0 Å². The van der Waals surface area contributed by atoms with Crippen molar-refractivity contribution in [1.29, 1.82) is 0 Å². The predicted molar refractivity (Wildman–Crippen MR) is 50.8 cm³/mol. The fourth-order valence-electron chi connectivity index (χ4n) is 1.04. The number of carboxylic acids is 1. The van der Waals surface area contributed by atoms with Crippen molar-refractivity contribution in [2.75, 3.05) is 0 Å². The van der Waals surface area contributed by atoms with Crippen molar-refractivity contribution >= 4 is 50.2 Å². The van der Waals surface area contributed by atoms with E-state index in [1.54, 1.807) is 6.07 Å². The summed E-state index contributed by atoms with van der Waals surface area (Å²) < 4.78 is 0.00847. The Morgan fingerprint density at radius 2 is 1.93 bits per heavy atom. The molecule has 0 fully saturated rings. The molecule has 0 heterocycles. The summed E-state index contributed by atoms with van der Waals surface area (Å²) in [5.41, 5.74) is 5.39. The van der Waals surface area contributed by atoms with Crippen molar-refractivity contribution < 1.29 is 37.2 Å². The van der Waals surface area contributed by atoms with Crippen LogP contribution in [0.1, 0.15) is 0 Å². The summed E-state index contributed by atoms with van der Waals surface area (Å²) in [6.07, 6.45) is 0. The van der Waals surface area contributed by atoms with Crippen molar-refractivity contribution in [1.82, 2.24) is 0 Å². The predicted octanol–water partition coefficient (Wildman–Crippen LogP) is -1.21. The van der Waals surface area contributed by atoms with Gasteiger partial charge in [0.15, 0.2) is 0 Å². The zero-order chi connectivity index (χ0) is 10.7. The minimum absolute atomic E-state index is 0. The van der Waals surface area contributed by atoms with E-state index in [9.17, 15) is 4.79 Å². The van der Waals surface area contributed by atoms with Gasteiger partial charge in [0.2, 0.25) is 0 Å². The molecule has 7 heteroatoms. The molecule has 0 aliphatic rings. The van der Waals surface area contributed by atoms with Crippen LogP contribution in [0.4, 0.5) is 0 Å². The molecule has 0 unspecified atom stereocenters. The number of aliphatic carboxylic acids is 1. The third kappa shape index (κ3) is 4.80. The monoisotopic (exact) mass is 384 g/mol. The minimum atomic E-state index is -1.93. The summed E-state index contributed by atoms with van der Waals surface area (Å²) in [6, 6.07) is 4.35. The summed E-state index contributed by atoms with van der Waals surface area (Å²) >= 11 is -1.93. The first-order valence-corrected chi connectivity index (χ1v) is 8.78. The van der Waals surface area contributed by atoms with Gasteiger partial charge in [-0.2, -0.15) is 0 Å². The number of rotatable bonds is 3. The van der Waals surface area contributed by atoms with Crippen molar-refractivity contribution in [3.63, 3.8) is 0 Å². The average Bonchev–Trinajstić information content (AvgIpc) is 2.11. The Balaban J connectivity index is 0.00000196. The number of nitrogens with two attached hydrogens (primary N) is 1. The Morgan fingerprint density at radius 1 is 1.33 bits per heavy atom. The summed E-state index contributed by atoms with van der Waals surface area (Å²) in [7, 11) is 0. The van der Waals surface area contributed by atoms with E-state index in [-0.39, 0.29) is 28.6 Å². The number of hydrogen-bond acceptors (Lipinski definition) is 4. The maximum absolute atomic E-state index is 10.5. The van der Waals surface area contributed by atoms with Crippen LogP contribution < -0.4 is 5.77 Å². The van der Waals surface area contributed by atoms with Gasteiger partial charge in [0.25, 0.3) is 0 Å². The van der Waals surface area contributed by atoms with E-state index in [0.717, 1.165) is 0.0314 Å². The molecule has 1 aromatic carbocycles. The van der Waals surface area contributed by atoms with Crippen molar-refractivity contribution in [2.24, 2.45) is 5.73 Å². The molecular weight excluding hydrogens is 375 g/mol. The van der Waals surface area contributed by atoms with E-state index in [0.29, 0.717) is 0 Å². The van der Waals surface area contributed by atoms with Gasteiger partial charge < -0.3 is 0 Å². The Kier molecular flexibility index (Phi) is 6.98. The molecule has 5 N–H and O–H groups in total. The summed E-state index contributed by atoms with van der Waals surface area (Å²) in [4.78, 5) is 10.5. The first-order chi connectivity index (χ1) is 6.50. The van der Waals surface area contributed by atoms with E-state index in [4.69, 9.17) is 21.1 Å². The molecule has 1 aromatic rings. The Labute approximate surface area is 121 Å². The van der Waals surface area contributed by atoms with Crippen LogP contribution in [0, 0.1) is 0 Å². The quantitative estimate of drug-likeness (QED) is 0.387. The normalized spacial score (nSPS) is 11.0. The standard InChI is InChI=1S/C6H5O2.C2H4NO2.Ba.Cu/c7-5-3-1-2-4-6(5)8;3-1-2(4)5;;/h1,3-4,7-8H;1H,3H2,(H,4,5);;. The third-order valence-corrected chi connectivity index (χ3v) is 7.15. The van der Waals surface area contributed by atoms with Crippen molar-refractivity contribution in [3.05, 3.63) is 18.2 Å². The molecule has 15 heavy (non-hydrogen) atoms. The van der Waals surface area contributed by atoms with E-state index in [1.165, 1.54) is 12.1 Å². The Bertz CT molecular complexity index is 360. The van der Waals surface area contributed by atoms with Crippen LogP contribution in [0.15, 0.2) is 18.2 Å². The topological polar surface area (TPSA) is 104 Å². The smallest absolute Gasteiger partial charge is 0 e. The molecule has 0 spiro atoms. The molecule has 1 rings (SSSR count). The zero-order valence-corrected chi connectivity index (χ0v) is 13.0. The van der Waals surface area contributed by atoms with Crippen LogP contribution in [0.25, 0.3) is 0 Å². The number of hydrogen-bond donors (Lipinski definition) is 4. The third-order valence-electron chi connectivity index (χ3n) is 1.81. The fraction of sp³-hybridized carbons (Fsp3) is 0.125. The van der Waals surface area contributed by atoms with Crippen molar-refractivity contribution in [2.45, 2.75) is 0.510 Å². The molecule has 1 radical (unpaired) electrons. The molecule has 0 aliphatic heterocycles. The maximum Gasteiger partial charge on any atom is 0 e. The van der Waals surface area contributed by atoms with Gasteiger partial charge in [-0.05, 0) is 0 Å². The summed E-state index contributed by atoms with van der Waals surface area (Å²) in [5, 5.41) is 26.7. The fourth-order valence-corrected chi connectivity index (χ4v) is 4.95. The molecule has 0 aliphatic carbocycles.